The molecule has 1 amide bonds. The fourth-order valence-electron chi connectivity index (χ4n) is 1.41. The standard InChI is InChI=1S/C11H11BrClNO3/c1-6(15)14(2)10(11(16)17)8-4-3-7(13)5-9(8)12/h3-5,10H,1-2H3,(H,16,17). The van der Waals surface area contributed by atoms with Crippen molar-refractivity contribution >= 4 is 39.4 Å². The quantitative estimate of drug-likeness (QED) is 0.931. The Kier molecular flexibility index (Phi) is 4.54. The van der Waals surface area contributed by atoms with E-state index in [1.807, 2.05) is 0 Å². The van der Waals surface area contributed by atoms with E-state index >= 15 is 0 Å². The maximum absolute atomic E-state index is 11.3. The third-order valence-electron chi connectivity index (χ3n) is 2.37. The van der Waals surface area contributed by atoms with E-state index in [-0.39, 0.29) is 5.91 Å². The molecule has 0 heterocycles. The molecule has 0 aliphatic heterocycles. The highest BCUT2D eigenvalue weighted by Gasteiger charge is 2.28. The second kappa shape index (κ2) is 5.51. The predicted octanol–water partition coefficient (Wildman–Crippen LogP) is 2.71. The Morgan fingerprint density at radius 1 is 1.47 bits per heavy atom. The fourth-order valence-corrected chi connectivity index (χ4v) is 2.31. The molecule has 1 unspecified atom stereocenters. The molecule has 1 atom stereocenters. The van der Waals surface area contributed by atoms with Crippen LogP contribution in [0.15, 0.2) is 22.7 Å². The molecule has 0 aromatic heterocycles. The van der Waals surface area contributed by atoms with E-state index in [2.05, 4.69) is 15.9 Å². The van der Waals surface area contributed by atoms with Crippen LogP contribution in [-0.2, 0) is 9.59 Å². The molecule has 0 aliphatic rings. The lowest BCUT2D eigenvalue weighted by Crippen LogP contribution is -2.34. The monoisotopic (exact) mass is 319 g/mol. The third kappa shape index (κ3) is 3.20. The number of carbonyl (C=O) groups is 2. The molecule has 1 rings (SSSR count). The molecule has 1 aromatic carbocycles. The van der Waals surface area contributed by atoms with Crippen LogP contribution < -0.4 is 0 Å². The molecule has 17 heavy (non-hydrogen) atoms. The van der Waals surface area contributed by atoms with Crippen molar-refractivity contribution in [2.45, 2.75) is 13.0 Å². The maximum Gasteiger partial charge on any atom is 0.331 e. The van der Waals surface area contributed by atoms with E-state index in [4.69, 9.17) is 11.6 Å². The van der Waals surface area contributed by atoms with E-state index in [0.29, 0.717) is 15.1 Å². The summed E-state index contributed by atoms with van der Waals surface area (Å²) in [5.41, 5.74) is 0.486. The summed E-state index contributed by atoms with van der Waals surface area (Å²) in [6.45, 7) is 1.32. The van der Waals surface area contributed by atoms with Gasteiger partial charge in [-0.15, -0.1) is 0 Å². The highest BCUT2D eigenvalue weighted by atomic mass is 79.9. The average molecular weight is 321 g/mol. The van der Waals surface area contributed by atoms with Crippen molar-refractivity contribution in [2.75, 3.05) is 7.05 Å². The molecule has 1 N–H and O–H groups in total. The molecule has 4 nitrogen and oxygen atoms in total. The number of hydrogen-bond donors (Lipinski definition) is 1. The summed E-state index contributed by atoms with van der Waals surface area (Å²) < 4.78 is 0.561. The maximum atomic E-state index is 11.3. The number of rotatable bonds is 3. The normalized spacial score (nSPS) is 12.0. The molecule has 0 bridgehead atoms. The Labute approximate surface area is 112 Å². The second-order valence-corrected chi connectivity index (χ2v) is 4.83. The zero-order valence-corrected chi connectivity index (χ0v) is 11.6. The van der Waals surface area contributed by atoms with Crippen molar-refractivity contribution in [2.24, 2.45) is 0 Å². The van der Waals surface area contributed by atoms with Crippen molar-refractivity contribution in [1.82, 2.24) is 4.90 Å². The van der Waals surface area contributed by atoms with Gasteiger partial charge in [-0.2, -0.15) is 0 Å². The predicted molar refractivity (Wildman–Crippen MR) is 68.0 cm³/mol. The van der Waals surface area contributed by atoms with Crippen molar-refractivity contribution < 1.29 is 14.7 Å². The summed E-state index contributed by atoms with van der Waals surface area (Å²) in [4.78, 5) is 23.7. The Hall–Kier alpha value is -1.07. The summed E-state index contributed by atoms with van der Waals surface area (Å²) >= 11 is 9.03. The van der Waals surface area contributed by atoms with Crippen LogP contribution >= 0.6 is 27.5 Å². The van der Waals surface area contributed by atoms with Gasteiger partial charge in [0.1, 0.15) is 0 Å². The number of halogens is 2. The van der Waals surface area contributed by atoms with Crippen molar-refractivity contribution in [3.8, 4) is 0 Å². The van der Waals surface area contributed by atoms with Gasteiger partial charge in [-0.05, 0) is 12.1 Å². The van der Waals surface area contributed by atoms with Gasteiger partial charge in [0.2, 0.25) is 5.91 Å². The van der Waals surface area contributed by atoms with Crippen molar-refractivity contribution in [1.29, 1.82) is 0 Å². The van der Waals surface area contributed by atoms with E-state index < -0.39 is 12.0 Å². The number of aliphatic carboxylic acids is 1. The van der Waals surface area contributed by atoms with Crippen molar-refractivity contribution in [3.63, 3.8) is 0 Å². The molecule has 0 saturated carbocycles. The average Bonchev–Trinajstić information content (AvgIpc) is 2.20. The van der Waals surface area contributed by atoms with Crippen LogP contribution in [0.2, 0.25) is 5.02 Å². The number of carboxylic acids is 1. The van der Waals surface area contributed by atoms with Crippen LogP contribution in [0.5, 0.6) is 0 Å². The summed E-state index contributed by atoms with van der Waals surface area (Å²) in [6, 6.07) is 3.75. The molecule has 0 saturated heterocycles. The third-order valence-corrected chi connectivity index (χ3v) is 3.30. The van der Waals surface area contributed by atoms with Gasteiger partial charge in [-0.1, -0.05) is 33.6 Å². The van der Waals surface area contributed by atoms with Crippen LogP contribution in [0.3, 0.4) is 0 Å². The molecular formula is C11H11BrClNO3. The van der Waals surface area contributed by atoms with Gasteiger partial charge < -0.3 is 10.0 Å². The first-order chi connectivity index (χ1) is 7.84. The largest absolute Gasteiger partial charge is 0.479 e. The number of benzene rings is 1. The molecule has 0 radical (unpaired) electrons. The first kappa shape index (κ1) is 14.0. The van der Waals surface area contributed by atoms with E-state index in [1.165, 1.54) is 14.0 Å². The molecule has 0 aliphatic carbocycles. The summed E-state index contributed by atoms with van der Waals surface area (Å²) in [5.74, 6) is -1.41. The van der Waals surface area contributed by atoms with Gasteiger partial charge in [0.05, 0.1) is 0 Å². The van der Waals surface area contributed by atoms with Crippen LogP contribution in [0.4, 0.5) is 0 Å². The topological polar surface area (TPSA) is 57.6 Å². The van der Waals surface area contributed by atoms with Gasteiger partial charge in [-0.3, -0.25) is 4.79 Å². The number of hydrogen-bond acceptors (Lipinski definition) is 2. The van der Waals surface area contributed by atoms with Gasteiger partial charge in [0.25, 0.3) is 0 Å². The Morgan fingerprint density at radius 3 is 2.47 bits per heavy atom. The Morgan fingerprint density at radius 2 is 2.06 bits per heavy atom. The lowest BCUT2D eigenvalue weighted by molar-refractivity contribution is -0.148. The minimum atomic E-state index is -1.09. The highest BCUT2D eigenvalue weighted by molar-refractivity contribution is 9.10. The van der Waals surface area contributed by atoms with Crippen LogP contribution in [0.25, 0.3) is 0 Å². The summed E-state index contributed by atoms with van der Waals surface area (Å²) in [6.07, 6.45) is 0. The van der Waals surface area contributed by atoms with Gasteiger partial charge in [-0.25, -0.2) is 4.79 Å². The summed E-state index contributed by atoms with van der Waals surface area (Å²) in [5, 5.41) is 9.69. The number of carbonyl (C=O) groups excluding carboxylic acids is 1. The Bertz CT molecular complexity index is 464. The number of amides is 1. The first-order valence-corrected chi connectivity index (χ1v) is 5.93. The lowest BCUT2D eigenvalue weighted by Gasteiger charge is -2.24. The number of likely N-dealkylation sites (N-methyl/N-ethyl adjacent to an activating group) is 1. The highest BCUT2D eigenvalue weighted by Crippen LogP contribution is 2.29. The molecular weight excluding hydrogens is 309 g/mol. The van der Waals surface area contributed by atoms with E-state index in [1.54, 1.807) is 18.2 Å². The minimum absolute atomic E-state index is 0.320. The van der Waals surface area contributed by atoms with Gasteiger partial charge in [0.15, 0.2) is 6.04 Å². The van der Waals surface area contributed by atoms with Crippen LogP contribution in [0.1, 0.15) is 18.5 Å². The zero-order valence-electron chi connectivity index (χ0n) is 9.28. The number of nitrogens with zero attached hydrogens (tertiary/aromatic N) is 1. The molecule has 0 spiro atoms. The minimum Gasteiger partial charge on any atom is -0.479 e. The molecule has 1 aromatic rings. The summed E-state index contributed by atoms with van der Waals surface area (Å²) in [7, 11) is 1.45. The first-order valence-electron chi connectivity index (χ1n) is 4.75. The SMILES string of the molecule is CC(=O)N(C)C(C(=O)O)c1ccc(Cl)cc1Br. The Balaban J connectivity index is 3.23. The van der Waals surface area contributed by atoms with E-state index in [0.717, 1.165) is 4.90 Å². The zero-order chi connectivity index (χ0) is 13.2. The van der Waals surface area contributed by atoms with Crippen LogP contribution in [0, 0.1) is 0 Å². The molecule has 6 heteroatoms. The second-order valence-electron chi connectivity index (χ2n) is 3.54. The van der Waals surface area contributed by atoms with Crippen molar-refractivity contribution in [3.05, 3.63) is 33.3 Å². The number of carboxylic acid groups (broad SMARTS) is 1. The molecule has 92 valence electrons. The smallest absolute Gasteiger partial charge is 0.331 e. The van der Waals surface area contributed by atoms with Gasteiger partial charge >= 0.3 is 5.97 Å². The van der Waals surface area contributed by atoms with Gasteiger partial charge in [0, 0.05) is 29.0 Å². The van der Waals surface area contributed by atoms with Crippen LogP contribution in [-0.4, -0.2) is 28.9 Å². The molecule has 0 fully saturated rings. The fraction of sp³-hybridized carbons (Fsp3) is 0.273. The lowest BCUT2D eigenvalue weighted by atomic mass is 10.1. The van der Waals surface area contributed by atoms with E-state index in [9.17, 15) is 14.7 Å².